The van der Waals surface area contributed by atoms with Crippen LogP contribution in [-0.4, -0.2) is 64.0 Å². The summed E-state index contributed by atoms with van der Waals surface area (Å²) in [4.78, 5) is 37.5. The quantitative estimate of drug-likeness (QED) is 0.171. The minimum Gasteiger partial charge on any atom is -0.494 e. The van der Waals surface area contributed by atoms with Crippen molar-refractivity contribution in [2.75, 3.05) is 30.5 Å². The van der Waals surface area contributed by atoms with Crippen LogP contribution in [-0.2, 0) is 11.3 Å². The number of amides is 1. The van der Waals surface area contributed by atoms with Crippen LogP contribution in [0.15, 0.2) is 42.5 Å². The van der Waals surface area contributed by atoms with E-state index in [-0.39, 0.29) is 36.2 Å². The van der Waals surface area contributed by atoms with Gasteiger partial charge in [0.15, 0.2) is 6.61 Å². The number of hydrogen-bond acceptors (Lipinski definition) is 10. The van der Waals surface area contributed by atoms with Gasteiger partial charge in [-0.25, -0.2) is 4.79 Å². The molecule has 3 aromatic rings. The largest absolute Gasteiger partial charge is 0.494 e. The summed E-state index contributed by atoms with van der Waals surface area (Å²) >= 11 is 0. The van der Waals surface area contributed by atoms with Gasteiger partial charge in [-0.15, -0.1) is 0 Å². The molecule has 49 heavy (non-hydrogen) atoms. The molecule has 0 saturated heterocycles. The van der Waals surface area contributed by atoms with Crippen molar-refractivity contribution in [3.63, 3.8) is 0 Å². The van der Waals surface area contributed by atoms with Crippen LogP contribution in [0.25, 0.3) is 0 Å². The van der Waals surface area contributed by atoms with Gasteiger partial charge in [0, 0.05) is 18.3 Å². The van der Waals surface area contributed by atoms with Gasteiger partial charge >= 0.3 is 18.2 Å². The van der Waals surface area contributed by atoms with Gasteiger partial charge in [-0.3, -0.25) is 4.79 Å². The van der Waals surface area contributed by atoms with Crippen molar-refractivity contribution in [3.8, 4) is 17.5 Å². The van der Waals surface area contributed by atoms with E-state index in [1.54, 1.807) is 0 Å². The number of anilines is 3. The van der Waals surface area contributed by atoms with Crippen LogP contribution in [0.2, 0.25) is 0 Å². The topological polar surface area (TPSA) is 157 Å². The van der Waals surface area contributed by atoms with E-state index in [1.807, 2.05) is 31.2 Å². The highest BCUT2D eigenvalue weighted by atomic mass is 19.4. The molecule has 2 aliphatic rings. The minimum absolute atomic E-state index is 0.0383. The maximum absolute atomic E-state index is 13.3. The maximum atomic E-state index is 13.3. The fraction of sp³-hybridized carbons (Fsp3) is 0.500. The van der Waals surface area contributed by atoms with Gasteiger partial charge < -0.3 is 35.3 Å². The molecule has 1 atom stereocenters. The number of hydrogen-bond donors (Lipinski definition) is 4. The third-order valence-electron chi connectivity index (χ3n) is 7.60. The molecule has 2 aromatic carbocycles. The Kier molecular flexibility index (Phi) is 14.1. The Morgan fingerprint density at radius 2 is 1.63 bits per heavy atom. The van der Waals surface area contributed by atoms with Gasteiger partial charge in [0.2, 0.25) is 11.9 Å². The van der Waals surface area contributed by atoms with E-state index in [4.69, 9.17) is 14.2 Å². The number of halogens is 3. The molecule has 1 aromatic heterocycles. The maximum Gasteiger partial charge on any atom is 0.422 e. The Morgan fingerprint density at radius 3 is 2.33 bits per heavy atom. The first kappa shape index (κ1) is 37.0. The van der Waals surface area contributed by atoms with Crippen molar-refractivity contribution >= 4 is 29.5 Å². The number of rotatable bonds is 9. The molecule has 4 N–H and O–H groups in total. The van der Waals surface area contributed by atoms with Crippen LogP contribution in [0.3, 0.4) is 0 Å². The molecule has 1 amide bonds. The van der Waals surface area contributed by atoms with Crippen molar-refractivity contribution in [3.05, 3.63) is 53.6 Å². The van der Waals surface area contributed by atoms with Crippen LogP contribution in [0.4, 0.5) is 30.8 Å². The predicted molar refractivity (Wildman–Crippen MR) is 177 cm³/mol. The average Bonchev–Trinajstić information content (AvgIpc) is 3.06. The van der Waals surface area contributed by atoms with Crippen LogP contribution < -0.4 is 30.2 Å². The van der Waals surface area contributed by atoms with E-state index in [0.29, 0.717) is 25.3 Å². The second-order valence-corrected chi connectivity index (χ2v) is 11.7. The fourth-order valence-corrected chi connectivity index (χ4v) is 5.00. The molecule has 6 bridgehead atoms. The second kappa shape index (κ2) is 18.7. The zero-order chi connectivity index (χ0) is 35.1. The first-order chi connectivity index (χ1) is 23.6. The third kappa shape index (κ3) is 13.0. The van der Waals surface area contributed by atoms with Crippen LogP contribution >= 0.6 is 0 Å². The van der Waals surface area contributed by atoms with E-state index in [2.05, 4.69) is 30.9 Å². The number of aliphatic carboxylic acids is 1. The number of carbonyl (C=O) groups is 2. The summed E-state index contributed by atoms with van der Waals surface area (Å²) in [6.45, 7) is 1.54. The number of carboxylic acids is 1. The highest BCUT2D eigenvalue weighted by molar-refractivity contribution is 5.99. The smallest absolute Gasteiger partial charge is 0.422 e. The van der Waals surface area contributed by atoms with Gasteiger partial charge in [-0.2, -0.15) is 28.1 Å². The summed E-state index contributed by atoms with van der Waals surface area (Å²) < 4.78 is 55.6. The molecular formula is C34H43F3N6O6. The number of ether oxygens (including phenoxy) is 3. The Bertz CT molecular complexity index is 1510. The molecule has 3 heterocycles. The van der Waals surface area contributed by atoms with E-state index in [0.717, 1.165) is 62.7 Å². The third-order valence-corrected chi connectivity index (χ3v) is 7.60. The molecule has 0 radical (unpaired) electrons. The number of nitrogens with zero attached hydrogens (tertiary/aromatic N) is 3. The van der Waals surface area contributed by atoms with Gasteiger partial charge in [0.05, 0.1) is 18.8 Å². The summed E-state index contributed by atoms with van der Waals surface area (Å²) in [6, 6.07) is 10.3. The number of aromatic nitrogens is 3. The van der Waals surface area contributed by atoms with Crippen LogP contribution in [0.5, 0.6) is 17.5 Å². The molecule has 2 aliphatic heterocycles. The highest BCUT2D eigenvalue weighted by Gasteiger charge is 2.29. The molecule has 0 spiro atoms. The van der Waals surface area contributed by atoms with Crippen molar-refractivity contribution in [2.45, 2.75) is 89.9 Å². The van der Waals surface area contributed by atoms with Gasteiger partial charge in [0.25, 0.3) is 5.91 Å². The molecule has 0 saturated carbocycles. The number of carbonyl (C=O) groups excluding carboxylic acids is 1. The number of fused-ring (bicyclic) bond motifs is 12. The van der Waals surface area contributed by atoms with E-state index in [9.17, 15) is 27.9 Å². The molecule has 0 aliphatic carbocycles. The predicted octanol–water partition coefficient (Wildman–Crippen LogP) is 7.04. The first-order valence-electron chi connectivity index (χ1n) is 16.6. The summed E-state index contributed by atoms with van der Waals surface area (Å²) in [5.41, 5.74) is 1.35. The standard InChI is InChI=1S/C34H43F3N6O6/c1-2-3-8-11-27(30(45)46)40-29(44)26-17-14-24-20-28(26)48-19-10-7-5-4-6-9-18-47-25-15-12-23(13-16-25)21-38-31-41-32(39-24)43-33(42-31)49-22-34(35,36)37/h12-17,20,27H,2-11,18-19,21-22H2,1H3,(H,40,44)(H,45,46)(H2,38,39,41,42,43)/t27-/m0/s1. The Balaban J connectivity index is 1.61. The molecule has 0 fully saturated rings. The molecule has 12 nitrogen and oxygen atoms in total. The average molecular weight is 689 g/mol. The fourth-order valence-electron chi connectivity index (χ4n) is 5.00. The van der Waals surface area contributed by atoms with Gasteiger partial charge in [-0.1, -0.05) is 64.0 Å². The summed E-state index contributed by atoms with van der Waals surface area (Å²) in [5.74, 6) is -0.963. The van der Waals surface area contributed by atoms with E-state index < -0.39 is 36.7 Å². The summed E-state index contributed by atoms with van der Waals surface area (Å²) in [7, 11) is 0. The Morgan fingerprint density at radius 1 is 0.939 bits per heavy atom. The second-order valence-electron chi connectivity index (χ2n) is 11.7. The lowest BCUT2D eigenvalue weighted by molar-refractivity contribution is -0.154. The van der Waals surface area contributed by atoms with E-state index >= 15 is 0 Å². The Hall–Kier alpha value is -4.82. The zero-order valence-electron chi connectivity index (χ0n) is 27.5. The first-order valence-corrected chi connectivity index (χ1v) is 16.6. The van der Waals surface area contributed by atoms with Crippen LogP contribution in [0.1, 0.15) is 87.1 Å². The van der Waals surface area contributed by atoms with Crippen molar-refractivity contribution < 1.29 is 42.1 Å². The number of alkyl halides is 3. The number of nitrogens with one attached hydrogen (secondary N) is 3. The van der Waals surface area contributed by atoms with Gasteiger partial charge in [0.1, 0.15) is 17.5 Å². The lowest BCUT2D eigenvalue weighted by Crippen LogP contribution is -2.40. The number of carboxylic acid groups (broad SMARTS) is 1. The van der Waals surface area contributed by atoms with Crippen molar-refractivity contribution in [1.29, 1.82) is 0 Å². The zero-order valence-corrected chi connectivity index (χ0v) is 27.5. The lowest BCUT2D eigenvalue weighted by atomic mass is 10.1. The monoisotopic (exact) mass is 688 g/mol. The van der Waals surface area contributed by atoms with Gasteiger partial charge in [-0.05, 0) is 49.1 Å². The van der Waals surface area contributed by atoms with E-state index in [1.165, 1.54) is 18.2 Å². The summed E-state index contributed by atoms with van der Waals surface area (Å²) in [6.07, 6.45) is 3.66. The molecule has 15 heteroatoms. The lowest BCUT2D eigenvalue weighted by Gasteiger charge is -2.17. The van der Waals surface area contributed by atoms with Crippen LogP contribution in [0, 0.1) is 0 Å². The summed E-state index contributed by atoms with van der Waals surface area (Å²) in [5, 5.41) is 18.2. The van der Waals surface area contributed by atoms with Crippen molar-refractivity contribution in [1.82, 2.24) is 20.3 Å². The SMILES string of the molecule is CCCCC[C@H](NC(=O)c1ccc2cc1OCCCCCCCCOc1ccc(cc1)CNc1nc(nc(OCC(F)(F)F)n1)N2)C(=O)O. The minimum atomic E-state index is -4.62. The number of unbranched alkanes of at least 4 members (excludes halogenated alkanes) is 2. The van der Waals surface area contributed by atoms with Crippen molar-refractivity contribution in [2.24, 2.45) is 0 Å². The molecule has 5 rings (SSSR count). The molecule has 266 valence electrons. The number of benzene rings is 2. The molecule has 0 unspecified atom stereocenters. The Labute approximate surface area is 283 Å². The normalized spacial score (nSPS) is 15.0. The molecular weight excluding hydrogens is 645 g/mol. The highest BCUT2D eigenvalue weighted by Crippen LogP contribution is 2.27.